The number of nitrogens with one attached hydrogen (secondary N) is 2. The number of amides is 2. The highest BCUT2D eigenvalue weighted by atomic mass is 32.1. The SMILES string of the molecule is CCCCCCc1ccc(-c2ccc(C3=C4C(=O)NC(c5ccc(-c6ccc(CCCCCC)s6)s5)=C4C(=O)N3)s2)s1. The van der Waals surface area contributed by atoms with Crippen molar-refractivity contribution in [2.24, 2.45) is 0 Å². The molecule has 8 heteroatoms. The number of fused-ring (bicyclic) bond motifs is 1. The van der Waals surface area contributed by atoms with Crippen LogP contribution in [0.4, 0.5) is 0 Å². The Balaban J connectivity index is 1.20. The minimum atomic E-state index is -0.214. The van der Waals surface area contributed by atoms with Gasteiger partial charge in [0.05, 0.1) is 32.3 Å². The van der Waals surface area contributed by atoms with Gasteiger partial charge in [0, 0.05) is 29.3 Å². The van der Waals surface area contributed by atoms with E-state index >= 15 is 0 Å². The van der Waals surface area contributed by atoms with E-state index in [0.29, 0.717) is 22.5 Å². The Kier molecular flexibility index (Phi) is 9.24. The zero-order valence-electron chi connectivity index (χ0n) is 24.1. The van der Waals surface area contributed by atoms with Gasteiger partial charge < -0.3 is 10.6 Å². The molecule has 4 aromatic rings. The van der Waals surface area contributed by atoms with Crippen molar-refractivity contribution in [2.45, 2.75) is 78.1 Å². The molecule has 2 amide bonds. The molecule has 0 saturated heterocycles. The Morgan fingerprint density at radius 2 is 0.857 bits per heavy atom. The third kappa shape index (κ3) is 6.13. The fourth-order valence-corrected chi connectivity index (χ4v) is 9.81. The van der Waals surface area contributed by atoms with E-state index in [4.69, 9.17) is 0 Å². The van der Waals surface area contributed by atoms with Crippen molar-refractivity contribution in [2.75, 3.05) is 0 Å². The molecular weight excluding hydrogens is 597 g/mol. The van der Waals surface area contributed by atoms with Crippen LogP contribution in [0.25, 0.3) is 30.9 Å². The smallest absolute Gasteiger partial charge is 0.258 e. The first kappa shape index (κ1) is 29.3. The van der Waals surface area contributed by atoms with E-state index in [-0.39, 0.29) is 11.8 Å². The molecule has 0 fully saturated rings. The van der Waals surface area contributed by atoms with Gasteiger partial charge in [-0.15, -0.1) is 45.3 Å². The van der Waals surface area contributed by atoms with Gasteiger partial charge in [-0.05, 0) is 74.2 Å². The Bertz CT molecular complexity index is 1540. The Labute approximate surface area is 264 Å². The highest BCUT2D eigenvalue weighted by Gasteiger charge is 2.41. The summed E-state index contributed by atoms with van der Waals surface area (Å²) in [4.78, 5) is 35.9. The Morgan fingerprint density at radius 1 is 0.476 bits per heavy atom. The van der Waals surface area contributed by atoms with Gasteiger partial charge in [0.1, 0.15) is 0 Å². The largest absolute Gasteiger partial charge is 0.320 e. The zero-order valence-corrected chi connectivity index (χ0v) is 27.4. The Hall–Kier alpha value is -2.78. The molecule has 4 nitrogen and oxygen atoms in total. The van der Waals surface area contributed by atoms with Crippen molar-refractivity contribution < 1.29 is 9.59 Å². The lowest BCUT2D eigenvalue weighted by Crippen LogP contribution is -2.20. The van der Waals surface area contributed by atoms with Crippen LogP contribution in [0.3, 0.4) is 0 Å². The van der Waals surface area contributed by atoms with Gasteiger partial charge in [0.25, 0.3) is 11.8 Å². The minimum Gasteiger partial charge on any atom is -0.320 e. The molecule has 2 aliphatic heterocycles. The highest BCUT2D eigenvalue weighted by Crippen LogP contribution is 2.44. The van der Waals surface area contributed by atoms with E-state index in [2.05, 4.69) is 60.9 Å². The van der Waals surface area contributed by atoms with Gasteiger partial charge in [-0.1, -0.05) is 52.4 Å². The molecule has 0 radical (unpaired) electrons. The lowest BCUT2D eigenvalue weighted by Gasteiger charge is -2.04. The summed E-state index contributed by atoms with van der Waals surface area (Å²) >= 11 is 6.95. The van der Waals surface area contributed by atoms with E-state index in [1.54, 1.807) is 22.7 Å². The summed E-state index contributed by atoms with van der Waals surface area (Å²) < 4.78 is 0. The summed E-state index contributed by atoms with van der Waals surface area (Å²) in [6.45, 7) is 4.48. The van der Waals surface area contributed by atoms with Crippen molar-refractivity contribution in [1.29, 1.82) is 0 Å². The maximum atomic E-state index is 13.2. The highest BCUT2D eigenvalue weighted by molar-refractivity contribution is 7.23. The van der Waals surface area contributed by atoms with E-state index in [1.807, 2.05) is 34.8 Å². The number of carbonyl (C=O) groups is 2. The summed E-state index contributed by atoms with van der Waals surface area (Å²) in [5.74, 6) is -0.427. The summed E-state index contributed by atoms with van der Waals surface area (Å²) in [7, 11) is 0. The number of thiophene rings is 4. The van der Waals surface area contributed by atoms with Crippen molar-refractivity contribution in [3.05, 3.63) is 79.2 Å². The molecule has 0 spiro atoms. The molecule has 0 saturated carbocycles. The molecule has 4 aromatic heterocycles. The quantitative estimate of drug-likeness (QED) is 0.136. The van der Waals surface area contributed by atoms with Crippen LogP contribution in [0.15, 0.2) is 59.7 Å². The monoisotopic (exact) mass is 632 g/mol. The van der Waals surface area contributed by atoms with Crippen molar-refractivity contribution >= 4 is 68.6 Å². The second-order valence-electron chi connectivity index (χ2n) is 10.9. The number of carbonyl (C=O) groups excluding carboxylic acids is 2. The van der Waals surface area contributed by atoms with Crippen LogP contribution in [-0.2, 0) is 22.4 Å². The predicted octanol–water partition coefficient (Wildman–Crippen LogP) is 9.89. The van der Waals surface area contributed by atoms with Gasteiger partial charge in [-0.25, -0.2) is 0 Å². The van der Waals surface area contributed by atoms with Gasteiger partial charge in [-0.2, -0.15) is 0 Å². The molecule has 6 rings (SSSR count). The molecule has 42 heavy (non-hydrogen) atoms. The fourth-order valence-electron chi connectivity index (χ4n) is 5.50. The first-order valence-corrected chi connectivity index (χ1v) is 18.3. The average molecular weight is 633 g/mol. The average Bonchev–Trinajstić information content (AvgIpc) is 3.82. The van der Waals surface area contributed by atoms with Crippen LogP contribution in [-0.4, -0.2) is 11.8 Å². The molecule has 0 bridgehead atoms. The summed E-state index contributed by atoms with van der Waals surface area (Å²) in [5, 5.41) is 6.05. The maximum absolute atomic E-state index is 13.2. The lowest BCUT2D eigenvalue weighted by molar-refractivity contribution is -0.117. The van der Waals surface area contributed by atoms with Gasteiger partial charge >= 0.3 is 0 Å². The van der Waals surface area contributed by atoms with E-state index in [0.717, 1.165) is 32.4 Å². The van der Waals surface area contributed by atoms with Gasteiger partial charge in [0.2, 0.25) is 0 Å². The second-order valence-corrected chi connectivity index (χ2v) is 15.4. The molecule has 2 aliphatic rings. The first-order valence-electron chi connectivity index (χ1n) is 15.1. The maximum Gasteiger partial charge on any atom is 0.258 e. The van der Waals surface area contributed by atoms with E-state index in [1.165, 1.54) is 70.9 Å². The van der Waals surface area contributed by atoms with Crippen LogP contribution in [0.2, 0.25) is 0 Å². The van der Waals surface area contributed by atoms with Gasteiger partial charge in [-0.3, -0.25) is 9.59 Å². The molecule has 218 valence electrons. The first-order chi connectivity index (χ1) is 20.6. The van der Waals surface area contributed by atoms with Crippen molar-refractivity contribution in [3.8, 4) is 19.5 Å². The third-order valence-electron chi connectivity index (χ3n) is 7.75. The summed E-state index contributed by atoms with van der Waals surface area (Å²) in [6, 6.07) is 17.1. The zero-order chi connectivity index (χ0) is 29.1. The Morgan fingerprint density at radius 3 is 1.29 bits per heavy atom. The van der Waals surface area contributed by atoms with Crippen molar-refractivity contribution in [1.82, 2.24) is 10.6 Å². The number of hydrogen-bond donors (Lipinski definition) is 2. The van der Waals surface area contributed by atoms with Crippen molar-refractivity contribution in [3.63, 3.8) is 0 Å². The van der Waals surface area contributed by atoms with E-state index in [9.17, 15) is 9.59 Å². The number of unbranched alkanes of at least 4 members (excludes halogenated alkanes) is 6. The topological polar surface area (TPSA) is 58.2 Å². The predicted molar refractivity (Wildman–Crippen MR) is 181 cm³/mol. The van der Waals surface area contributed by atoms with E-state index < -0.39 is 0 Å². The molecule has 6 heterocycles. The molecular formula is C34H36N2O2S4. The number of hydrogen-bond acceptors (Lipinski definition) is 6. The van der Waals surface area contributed by atoms with Crippen LogP contribution < -0.4 is 10.6 Å². The third-order valence-corrected chi connectivity index (χ3v) is 12.6. The van der Waals surface area contributed by atoms with Crippen LogP contribution in [0, 0.1) is 0 Å². The molecule has 2 N–H and O–H groups in total. The summed E-state index contributed by atoms with van der Waals surface area (Å²) in [6.07, 6.45) is 12.4. The molecule has 0 atom stereocenters. The normalized spacial score (nSPS) is 14.7. The number of rotatable bonds is 14. The fraction of sp³-hybridized carbons (Fsp3) is 0.353. The van der Waals surface area contributed by atoms with Crippen LogP contribution in [0.1, 0.15) is 84.7 Å². The molecule has 0 unspecified atom stereocenters. The van der Waals surface area contributed by atoms with Crippen LogP contribution >= 0.6 is 45.3 Å². The lowest BCUT2D eigenvalue weighted by atomic mass is 10.1. The molecule has 0 aliphatic carbocycles. The standard InChI is InChI=1S/C34H36N2O2S4/c1-3-5-7-9-11-21-13-15-23(39-21)25-17-19-27(41-25)31-29-30(34(38)35-31)32(36-33(29)37)28-20-18-26(42-28)24-16-14-22(40-24)12-10-8-6-4-2/h13-20H,3-12H2,1-2H3,(H,35,38)(H,36,37). The molecule has 0 aromatic carbocycles. The minimum absolute atomic E-state index is 0.214. The summed E-state index contributed by atoms with van der Waals surface area (Å²) in [5.41, 5.74) is 2.17. The number of aryl methyl sites for hydroxylation is 2. The van der Waals surface area contributed by atoms with Gasteiger partial charge in [0.15, 0.2) is 0 Å². The van der Waals surface area contributed by atoms with Crippen LogP contribution in [0.5, 0.6) is 0 Å². The second kappa shape index (κ2) is 13.2.